The van der Waals surface area contributed by atoms with Gasteiger partial charge < -0.3 is 15.4 Å². The number of amides is 2. The monoisotopic (exact) mass is 459 g/mol. The molecule has 3 heterocycles. The zero-order chi connectivity index (χ0) is 23.2. The van der Waals surface area contributed by atoms with E-state index in [1.165, 1.54) is 35.0 Å². The number of halogens is 3. The Morgan fingerprint density at radius 3 is 2.73 bits per heavy atom. The summed E-state index contributed by atoms with van der Waals surface area (Å²) in [6.07, 6.45) is 0.0801. The van der Waals surface area contributed by atoms with E-state index in [4.69, 9.17) is 0 Å². The van der Waals surface area contributed by atoms with Crippen molar-refractivity contribution in [3.8, 4) is 5.75 Å². The van der Waals surface area contributed by atoms with Crippen LogP contribution in [0.3, 0.4) is 0 Å². The van der Waals surface area contributed by atoms with Crippen molar-refractivity contribution in [2.45, 2.75) is 31.7 Å². The van der Waals surface area contributed by atoms with Crippen molar-refractivity contribution in [3.05, 3.63) is 41.6 Å². The summed E-state index contributed by atoms with van der Waals surface area (Å²) in [5.41, 5.74) is 1.38. The molecular weight excluding hydrogens is 443 g/mol. The average molecular weight is 459 g/mol. The van der Waals surface area contributed by atoms with Gasteiger partial charge >= 0.3 is 6.36 Å². The number of carbonyl (C=O) groups is 2. The summed E-state index contributed by atoms with van der Waals surface area (Å²) in [5, 5.41) is 12.6. The number of ether oxygens (including phenoxy) is 1. The first kappa shape index (κ1) is 20.7. The lowest BCUT2D eigenvalue weighted by atomic mass is 10.1. The molecule has 2 fully saturated rings. The summed E-state index contributed by atoms with van der Waals surface area (Å²) in [6, 6.07) is 5.51. The van der Waals surface area contributed by atoms with Gasteiger partial charge in [0.25, 0.3) is 5.91 Å². The highest BCUT2D eigenvalue weighted by atomic mass is 19.4. The van der Waals surface area contributed by atoms with Crippen molar-refractivity contribution in [2.75, 3.05) is 10.6 Å². The van der Waals surface area contributed by atoms with E-state index in [1.54, 1.807) is 6.07 Å². The van der Waals surface area contributed by atoms with Crippen molar-refractivity contribution >= 4 is 41.1 Å². The van der Waals surface area contributed by atoms with Gasteiger partial charge in [-0.2, -0.15) is 19.6 Å². The number of nitrogens with one attached hydrogen (secondary N) is 3. The summed E-state index contributed by atoms with van der Waals surface area (Å²) in [4.78, 5) is 32.2. The lowest BCUT2D eigenvalue weighted by molar-refractivity contribution is -0.274. The topological polar surface area (TPSA) is 123 Å². The van der Waals surface area contributed by atoms with Crippen LogP contribution < -0.4 is 20.7 Å². The number of hydrogen-bond donors (Lipinski definition) is 3. The Bertz CT molecular complexity index is 1300. The van der Waals surface area contributed by atoms with E-state index in [1.807, 2.05) is 0 Å². The van der Waals surface area contributed by atoms with Gasteiger partial charge in [-0.3, -0.25) is 14.9 Å². The van der Waals surface area contributed by atoms with E-state index in [9.17, 15) is 22.8 Å². The van der Waals surface area contributed by atoms with Crippen molar-refractivity contribution in [1.29, 1.82) is 0 Å². The number of imide groups is 1. The fourth-order valence-corrected chi connectivity index (χ4v) is 3.26. The van der Waals surface area contributed by atoms with Crippen LogP contribution in [-0.4, -0.2) is 43.8 Å². The van der Waals surface area contributed by atoms with Crippen LogP contribution in [-0.2, 0) is 9.59 Å². The van der Waals surface area contributed by atoms with Gasteiger partial charge in [0.05, 0.1) is 12.6 Å². The Labute approximate surface area is 183 Å². The molecule has 0 bridgehead atoms. The molecule has 3 aromatic rings. The minimum atomic E-state index is -4.82. The molecule has 5 rings (SSSR count). The highest BCUT2D eigenvalue weighted by molar-refractivity contribution is 6.15. The van der Waals surface area contributed by atoms with E-state index >= 15 is 0 Å². The molecular formula is C20H16F3N7O3. The maximum Gasteiger partial charge on any atom is 0.573 e. The summed E-state index contributed by atoms with van der Waals surface area (Å²) >= 11 is 0. The standard InChI is InChI=1S/C20H16F3N7O3/c21-20(22,23)33-14-3-1-2-13(8-14)25-18-28-16-11(6-10-7-15(31)27-17(10)32)9-24-30(16)19(29-18)26-12-4-5-12/h1-3,6,8-9,12H,4-5,7H2,(H,27,31,32)(H2,25,26,28,29)/b10-6+. The lowest BCUT2D eigenvalue weighted by Gasteiger charge is -2.12. The molecule has 170 valence electrons. The van der Waals surface area contributed by atoms with Gasteiger partial charge in [0.1, 0.15) is 5.75 Å². The summed E-state index contributed by atoms with van der Waals surface area (Å²) < 4.78 is 43.0. The number of benzene rings is 1. The molecule has 2 aromatic heterocycles. The van der Waals surface area contributed by atoms with Crippen LogP contribution in [0.5, 0.6) is 5.75 Å². The minimum Gasteiger partial charge on any atom is -0.406 e. The van der Waals surface area contributed by atoms with Crippen LogP contribution in [0.2, 0.25) is 0 Å². The molecule has 0 unspecified atom stereocenters. The first-order valence-electron chi connectivity index (χ1n) is 9.93. The normalized spacial score (nSPS) is 17.5. The van der Waals surface area contributed by atoms with Gasteiger partial charge in [-0.25, -0.2) is 0 Å². The molecule has 33 heavy (non-hydrogen) atoms. The second-order valence-corrected chi connectivity index (χ2v) is 7.55. The number of alkyl halides is 3. The molecule has 1 saturated carbocycles. The maximum absolute atomic E-state index is 12.5. The fourth-order valence-electron chi connectivity index (χ4n) is 3.26. The second kappa shape index (κ2) is 7.76. The number of aromatic nitrogens is 4. The van der Waals surface area contributed by atoms with Crippen LogP contribution in [0.25, 0.3) is 11.7 Å². The van der Waals surface area contributed by atoms with E-state index in [-0.39, 0.29) is 29.7 Å². The lowest BCUT2D eigenvalue weighted by Crippen LogP contribution is -2.19. The molecule has 0 radical (unpaired) electrons. The average Bonchev–Trinajstić information content (AvgIpc) is 3.36. The molecule has 0 spiro atoms. The third-order valence-corrected chi connectivity index (χ3v) is 4.86. The van der Waals surface area contributed by atoms with Crippen LogP contribution in [0, 0.1) is 0 Å². The SMILES string of the molecule is O=C1C/C(=C\c2cnn3c(NC4CC4)nc(Nc4cccc(OC(F)(F)F)c4)nc23)C(=O)N1. The Balaban J connectivity index is 1.51. The first-order chi connectivity index (χ1) is 15.7. The second-order valence-electron chi connectivity index (χ2n) is 7.55. The van der Waals surface area contributed by atoms with Crippen molar-refractivity contribution in [2.24, 2.45) is 0 Å². The highest BCUT2D eigenvalue weighted by Crippen LogP contribution is 2.29. The molecule has 13 heteroatoms. The van der Waals surface area contributed by atoms with Crippen LogP contribution >= 0.6 is 0 Å². The first-order valence-corrected chi connectivity index (χ1v) is 9.93. The Morgan fingerprint density at radius 2 is 2.03 bits per heavy atom. The van der Waals surface area contributed by atoms with Gasteiger partial charge in [0.15, 0.2) is 5.65 Å². The quantitative estimate of drug-likeness (QED) is 0.380. The van der Waals surface area contributed by atoms with Gasteiger partial charge in [-0.15, -0.1) is 13.2 Å². The zero-order valence-corrected chi connectivity index (χ0v) is 16.8. The smallest absolute Gasteiger partial charge is 0.406 e. The zero-order valence-electron chi connectivity index (χ0n) is 16.8. The number of fused-ring (bicyclic) bond motifs is 1. The molecule has 2 amide bonds. The predicted molar refractivity (Wildman–Crippen MR) is 110 cm³/mol. The van der Waals surface area contributed by atoms with E-state index < -0.39 is 23.9 Å². The Kier molecular flexibility index (Phi) is 4.87. The summed E-state index contributed by atoms with van der Waals surface area (Å²) in [7, 11) is 0. The number of rotatable bonds is 6. The van der Waals surface area contributed by atoms with Crippen molar-refractivity contribution in [3.63, 3.8) is 0 Å². The third-order valence-electron chi connectivity index (χ3n) is 4.86. The van der Waals surface area contributed by atoms with Crippen molar-refractivity contribution < 1.29 is 27.5 Å². The highest BCUT2D eigenvalue weighted by Gasteiger charge is 2.31. The van der Waals surface area contributed by atoms with Crippen LogP contribution in [0.15, 0.2) is 36.0 Å². The number of carbonyl (C=O) groups excluding carboxylic acids is 2. The third kappa shape index (κ3) is 4.71. The maximum atomic E-state index is 12.5. The molecule has 2 aliphatic rings. The molecule has 3 N–H and O–H groups in total. The molecule has 1 aliphatic heterocycles. The molecule has 10 nitrogen and oxygen atoms in total. The number of hydrogen-bond acceptors (Lipinski definition) is 8. The minimum absolute atomic E-state index is 0.0501. The van der Waals surface area contributed by atoms with E-state index in [0.717, 1.165) is 12.8 Å². The summed E-state index contributed by atoms with van der Waals surface area (Å²) in [6.45, 7) is 0. The largest absolute Gasteiger partial charge is 0.573 e. The molecule has 1 saturated heterocycles. The molecule has 1 aliphatic carbocycles. The predicted octanol–water partition coefficient (Wildman–Crippen LogP) is 2.77. The summed E-state index contributed by atoms with van der Waals surface area (Å²) in [5.74, 6) is -0.788. The van der Waals surface area contributed by atoms with E-state index in [2.05, 4.69) is 35.8 Å². The number of anilines is 3. The van der Waals surface area contributed by atoms with Gasteiger partial charge in [-0.05, 0) is 31.1 Å². The van der Waals surface area contributed by atoms with E-state index in [0.29, 0.717) is 17.2 Å². The van der Waals surface area contributed by atoms with Crippen molar-refractivity contribution in [1.82, 2.24) is 24.9 Å². The van der Waals surface area contributed by atoms with Gasteiger partial charge in [0.2, 0.25) is 17.8 Å². The Hall–Kier alpha value is -4.16. The van der Waals surface area contributed by atoms with Gasteiger partial charge in [-0.1, -0.05) is 6.07 Å². The van der Waals surface area contributed by atoms with Gasteiger partial charge in [0, 0.05) is 28.9 Å². The molecule has 1 aromatic carbocycles. The van der Waals surface area contributed by atoms with Crippen LogP contribution in [0.1, 0.15) is 24.8 Å². The fraction of sp³-hybridized carbons (Fsp3) is 0.250. The Morgan fingerprint density at radius 1 is 1.21 bits per heavy atom. The molecule has 0 atom stereocenters. The van der Waals surface area contributed by atoms with Crippen LogP contribution in [0.4, 0.5) is 30.8 Å². The number of nitrogens with zero attached hydrogens (tertiary/aromatic N) is 4.